The number of hydrogen-bond donors (Lipinski definition) is 2. The lowest BCUT2D eigenvalue weighted by molar-refractivity contribution is -0.122. The summed E-state index contributed by atoms with van der Waals surface area (Å²) in [5.41, 5.74) is 3.25. The largest absolute Gasteiger partial charge is 0.379 e. The molecular formula is C21H23Cl2N3O. The fraction of sp³-hybridized carbons (Fsp3) is 0.381. The minimum absolute atomic E-state index is 0.120. The molecule has 0 unspecified atom stereocenters. The first-order valence-electron chi connectivity index (χ1n) is 9.32. The SMILES string of the molecule is O=C1CC2(CCN(Cc3ccc(Cl)c(Cl)c3)CC2)Nc2ccccc2CN1. The van der Waals surface area contributed by atoms with E-state index in [0.717, 1.165) is 49.3 Å². The predicted molar refractivity (Wildman–Crippen MR) is 110 cm³/mol. The van der Waals surface area contributed by atoms with Gasteiger partial charge in [-0.3, -0.25) is 9.69 Å². The number of rotatable bonds is 2. The minimum Gasteiger partial charge on any atom is -0.379 e. The van der Waals surface area contributed by atoms with E-state index in [1.807, 2.05) is 30.3 Å². The van der Waals surface area contributed by atoms with Crippen LogP contribution in [-0.2, 0) is 17.9 Å². The van der Waals surface area contributed by atoms with Crippen LogP contribution in [0.15, 0.2) is 42.5 Å². The highest BCUT2D eigenvalue weighted by Crippen LogP contribution is 2.33. The fourth-order valence-electron chi connectivity index (χ4n) is 4.03. The minimum atomic E-state index is -0.186. The summed E-state index contributed by atoms with van der Waals surface area (Å²) in [6.07, 6.45) is 2.37. The van der Waals surface area contributed by atoms with Gasteiger partial charge in [0.15, 0.2) is 0 Å². The van der Waals surface area contributed by atoms with E-state index in [0.29, 0.717) is 23.0 Å². The van der Waals surface area contributed by atoms with Crippen molar-refractivity contribution in [3.63, 3.8) is 0 Å². The van der Waals surface area contributed by atoms with Crippen molar-refractivity contribution in [2.75, 3.05) is 18.4 Å². The number of para-hydroxylation sites is 1. The number of anilines is 1. The lowest BCUT2D eigenvalue weighted by atomic mass is 9.82. The van der Waals surface area contributed by atoms with Crippen LogP contribution in [0.1, 0.15) is 30.4 Å². The van der Waals surface area contributed by atoms with Gasteiger partial charge >= 0.3 is 0 Å². The molecule has 2 heterocycles. The smallest absolute Gasteiger partial charge is 0.222 e. The third-order valence-corrected chi connectivity index (χ3v) is 6.33. The van der Waals surface area contributed by atoms with Gasteiger partial charge in [0, 0.05) is 43.8 Å². The van der Waals surface area contributed by atoms with Gasteiger partial charge in [-0.25, -0.2) is 0 Å². The zero-order valence-electron chi connectivity index (χ0n) is 15.1. The van der Waals surface area contributed by atoms with Crippen LogP contribution < -0.4 is 10.6 Å². The number of amides is 1. The number of carbonyl (C=O) groups excluding carboxylic acids is 1. The molecule has 27 heavy (non-hydrogen) atoms. The Morgan fingerprint density at radius 3 is 2.59 bits per heavy atom. The van der Waals surface area contributed by atoms with Gasteiger partial charge in [-0.15, -0.1) is 0 Å². The molecular weight excluding hydrogens is 381 g/mol. The molecule has 142 valence electrons. The van der Waals surface area contributed by atoms with Gasteiger partial charge in [0.1, 0.15) is 0 Å². The van der Waals surface area contributed by atoms with Crippen LogP contribution in [0.3, 0.4) is 0 Å². The van der Waals surface area contributed by atoms with Crippen molar-refractivity contribution < 1.29 is 4.79 Å². The third-order valence-electron chi connectivity index (χ3n) is 5.60. The number of fused-ring (bicyclic) bond motifs is 1. The second-order valence-corrected chi connectivity index (χ2v) is 8.35. The molecule has 0 radical (unpaired) electrons. The number of hydrogen-bond acceptors (Lipinski definition) is 3. The maximum Gasteiger partial charge on any atom is 0.222 e. The Labute approximate surface area is 169 Å². The van der Waals surface area contributed by atoms with Crippen LogP contribution in [0, 0.1) is 0 Å². The molecule has 1 spiro atoms. The van der Waals surface area contributed by atoms with Crippen LogP contribution in [-0.4, -0.2) is 29.4 Å². The Kier molecular flexibility index (Phi) is 5.31. The van der Waals surface area contributed by atoms with Gasteiger partial charge in [0.2, 0.25) is 5.91 Å². The van der Waals surface area contributed by atoms with Crippen LogP contribution in [0.4, 0.5) is 5.69 Å². The first-order valence-corrected chi connectivity index (χ1v) is 10.1. The van der Waals surface area contributed by atoms with Gasteiger partial charge in [0.05, 0.1) is 10.0 Å². The van der Waals surface area contributed by atoms with Gasteiger partial charge < -0.3 is 10.6 Å². The third kappa shape index (κ3) is 4.23. The number of benzene rings is 2. The molecule has 1 amide bonds. The molecule has 0 atom stereocenters. The molecule has 0 aromatic heterocycles. The zero-order valence-corrected chi connectivity index (χ0v) is 16.6. The quantitative estimate of drug-likeness (QED) is 0.777. The molecule has 2 N–H and O–H groups in total. The Morgan fingerprint density at radius 2 is 1.81 bits per heavy atom. The van der Waals surface area contributed by atoms with Crippen molar-refractivity contribution in [2.45, 2.75) is 37.9 Å². The van der Waals surface area contributed by atoms with Crippen LogP contribution in [0.5, 0.6) is 0 Å². The summed E-state index contributed by atoms with van der Waals surface area (Å²) in [6.45, 7) is 3.29. The summed E-state index contributed by atoms with van der Waals surface area (Å²) in [5, 5.41) is 7.95. The van der Waals surface area contributed by atoms with Crippen molar-refractivity contribution in [3.05, 3.63) is 63.6 Å². The van der Waals surface area contributed by atoms with Crippen LogP contribution in [0.25, 0.3) is 0 Å². The molecule has 1 fully saturated rings. The van der Waals surface area contributed by atoms with E-state index >= 15 is 0 Å². The zero-order chi connectivity index (χ0) is 18.9. The summed E-state index contributed by atoms with van der Waals surface area (Å²) in [4.78, 5) is 14.8. The van der Waals surface area contributed by atoms with Crippen molar-refractivity contribution in [1.29, 1.82) is 0 Å². The van der Waals surface area contributed by atoms with Gasteiger partial charge in [-0.1, -0.05) is 47.5 Å². The van der Waals surface area contributed by atoms with E-state index in [1.54, 1.807) is 0 Å². The van der Waals surface area contributed by atoms with E-state index in [-0.39, 0.29) is 11.4 Å². The highest BCUT2D eigenvalue weighted by Gasteiger charge is 2.37. The second-order valence-electron chi connectivity index (χ2n) is 7.54. The Balaban J connectivity index is 1.46. The van der Waals surface area contributed by atoms with E-state index in [2.05, 4.69) is 27.7 Å². The van der Waals surface area contributed by atoms with Gasteiger partial charge in [-0.05, 0) is 42.2 Å². The highest BCUT2D eigenvalue weighted by atomic mass is 35.5. The molecule has 0 bridgehead atoms. The standard InChI is InChI=1S/C21H23Cl2N3O/c22-17-6-5-15(11-18(17)23)14-26-9-7-21(8-10-26)12-20(27)24-13-16-3-1-2-4-19(16)25-21/h1-6,11,25H,7-10,12-14H2,(H,24,27). The molecule has 6 heteroatoms. The Bertz CT molecular complexity index is 847. The Morgan fingerprint density at radius 1 is 1.04 bits per heavy atom. The average Bonchev–Trinajstić information content (AvgIpc) is 2.65. The number of nitrogens with one attached hydrogen (secondary N) is 2. The van der Waals surface area contributed by atoms with Gasteiger partial charge in [0.25, 0.3) is 0 Å². The number of carbonyl (C=O) groups is 1. The summed E-state index contributed by atoms with van der Waals surface area (Å²) in [6, 6.07) is 14.0. The van der Waals surface area contributed by atoms with E-state index in [4.69, 9.17) is 23.2 Å². The predicted octanol–water partition coefficient (Wildman–Crippen LogP) is 4.46. The topological polar surface area (TPSA) is 44.4 Å². The van der Waals surface area contributed by atoms with Crippen molar-refractivity contribution >= 4 is 34.8 Å². The summed E-state index contributed by atoms with van der Waals surface area (Å²) >= 11 is 12.2. The van der Waals surface area contributed by atoms with Crippen molar-refractivity contribution in [2.24, 2.45) is 0 Å². The summed E-state index contributed by atoms with van der Waals surface area (Å²) in [7, 11) is 0. The molecule has 2 aliphatic rings. The maximum atomic E-state index is 12.4. The molecule has 0 saturated carbocycles. The Hall–Kier alpha value is -1.75. The fourth-order valence-corrected chi connectivity index (χ4v) is 4.35. The molecule has 1 saturated heterocycles. The molecule has 2 aromatic carbocycles. The van der Waals surface area contributed by atoms with E-state index < -0.39 is 0 Å². The average molecular weight is 404 g/mol. The van der Waals surface area contributed by atoms with Crippen molar-refractivity contribution in [1.82, 2.24) is 10.2 Å². The highest BCUT2D eigenvalue weighted by molar-refractivity contribution is 6.42. The number of piperidine rings is 1. The summed E-state index contributed by atoms with van der Waals surface area (Å²) in [5.74, 6) is 0.120. The number of halogens is 2. The molecule has 4 nitrogen and oxygen atoms in total. The summed E-state index contributed by atoms with van der Waals surface area (Å²) < 4.78 is 0. The second kappa shape index (κ2) is 7.70. The maximum absolute atomic E-state index is 12.4. The normalized spacial score (nSPS) is 19.6. The lowest BCUT2D eigenvalue weighted by Gasteiger charge is -2.44. The van der Waals surface area contributed by atoms with Crippen LogP contribution >= 0.6 is 23.2 Å². The number of nitrogens with zero attached hydrogens (tertiary/aromatic N) is 1. The van der Waals surface area contributed by atoms with E-state index in [9.17, 15) is 4.79 Å². The first-order chi connectivity index (χ1) is 13.0. The monoisotopic (exact) mass is 403 g/mol. The molecule has 2 aliphatic heterocycles. The molecule has 2 aromatic rings. The van der Waals surface area contributed by atoms with Crippen LogP contribution in [0.2, 0.25) is 10.0 Å². The van der Waals surface area contributed by atoms with E-state index in [1.165, 1.54) is 0 Å². The van der Waals surface area contributed by atoms with Gasteiger partial charge in [-0.2, -0.15) is 0 Å². The number of likely N-dealkylation sites (tertiary alicyclic amines) is 1. The molecule has 4 rings (SSSR count). The lowest BCUT2D eigenvalue weighted by Crippen LogP contribution is -2.52. The van der Waals surface area contributed by atoms with Crippen molar-refractivity contribution in [3.8, 4) is 0 Å². The first kappa shape index (κ1) is 18.6. The molecule has 0 aliphatic carbocycles.